The summed E-state index contributed by atoms with van der Waals surface area (Å²) in [4.78, 5) is 24.3. The van der Waals surface area contributed by atoms with E-state index in [-0.39, 0.29) is 11.7 Å². The van der Waals surface area contributed by atoms with Crippen LogP contribution in [0, 0.1) is 0 Å². The van der Waals surface area contributed by atoms with Crippen LogP contribution in [-0.4, -0.2) is 30.8 Å². The van der Waals surface area contributed by atoms with Crippen LogP contribution in [0.5, 0.6) is 11.5 Å². The number of anilines is 1. The summed E-state index contributed by atoms with van der Waals surface area (Å²) in [5.41, 5.74) is 6.22. The van der Waals surface area contributed by atoms with Gasteiger partial charge in [-0.3, -0.25) is 9.59 Å². The zero-order valence-electron chi connectivity index (χ0n) is 13.1. The molecule has 130 valence electrons. The van der Waals surface area contributed by atoms with Gasteiger partial charge in [0.25, 0.3) is 5.91 Å². The summed E-state index contributed by atoms with van der Waals surface area (Å²) in [7, 11) is 0. The summed E-state index contributed by atoms with van der Waals surface area (Å²) in [6.45, 7) is 0.963. The minimum atomic E-state index is -0.435. The summed E-state index contributed by atoms with van der Waals surface area (Å²) >= 11 is 4.66. The lowest BCUT2D eigenvalue weighted by Gasteiger charge is -2.20. The molecule has 0 unspecified atom stereocenters. The van der Waals surface area contributed by atoms with Gasteiger partial charge in [0.1, 0.15) is 13.2 Å². The van der Waals surface area contributed by atoms with Gasteiger partial charge in [-0.2, -0.15) is 0 Å². The van der Waals surface area contributed by atoms with Crippen molar-refractivity contribution in [2.75, 3.05) is 24.3 Å². The molecular weight excluding hydrogens is 408 g/mol. The number of rotatable bonds is 5. The Bertz CT molecular complexity index is 828. The Hall–Kier alpha value is -2.19. The molecule has 1 heterocycles. The van der Waals surface area contributed by atoms with Crippen molar-refractivity contribution in [1.82, 2.24) is 0 Å². The predicted molar refractivity (Wildman–Crippen MR) is 99.4 cm³/mol. The van der Waals surface area contributed by atoms with E-state index in [2.05, 4.69) is 21.2 Å². The lowest BCUT2D eigenvalue weighted by molar-refractivity contribution is -0.115. The Kier molecular flexibility index (Phi) is 5.50. The number of hydrogen-bond donors (Lipinski definition) is 2. The molecule has 0 spiro atoms. The molecule has 0 atom stereocenters. The van der Waals surface area contributed by atoms with E-state index < -0.39 is 5.91 Å². The predicted octanol–water partition coefficient (Wildman–Crippen LogP) is 3.05. The summed E-state index contributed by atoms with van der Waals surface area (Å²) < 4.78 is 11.7. The molecule has 0 saturated carbocycles. The van der Waals surface area contributed by atoms with E-state index in [1.165, 1.54) is 11.8 Å². The van der Waals surface area contributed by atoms with Gasteiger partial charge < -0.3 is 20.5 Å². The van der Waals surface area contributed by atoms with Crippen LogP contribution in [0.2, 0.25) is 0 Å². The SMILES string of the molecule is NC(=O)CSc1ccccc1C(=O)Nc1cc2c(cc1Br)OCCO2. The number of hydrogen-bond acceptors (Lipinski definition) is 5. The van der Waals surface area contributed by atoms with Crippen LogP contribution in [-0.2, 0) is 4.79 Å². The molecule has 2 aromatic rings. The van der Waals surface area contributed by atoms with Gasteiger partial charge in [-0.25, -0.2) is 0 Å². The van der Waals surface area contributed by atoms with E-state index in [1.54, 1.807) is 36.4 Å². The van der Waals surface area contributed by atoms with Gasteiger partial charge in [0, 0.05) is 21.5 Å². The molecule has 0 radical (unpaired) electrons. The Labute approximate surface area is 157 Å². The summed E-state index contributed by atoms with van der Waals surface area (Å²) in [6, 6.07) is 10.5. The van der Waals surface area contributed by atoms with Crippen LogP contribution >= 0.6 is 27.7 Å². The zero-order valence-corrected chi connectivity index (χ0v) is 15.5. The number of carbonyl (C=O) groups is 2. The Morgan fingerprint density at radius 1 is 1.16 bits per heavy atom. The molecule has 6 nitrogen and oxygen atoms in total. The van der Waals surface area contributed by atoms with Crippen molar-refractivity contribution in [2.45, 2.75) is 4.90 Å². The Morgan fingerprint density at radius 2 is 1.84 bits per heavy atom. The largest absolute Gasteiger partial charge is 0.486 e. The van der Waals surface area contributed by atoms with Crippen molar-refractivity contribution in [3.63, 3.8) is 0 Å². The third kappa shape index (κ3) is 4.26. The lowest BCUT2D eigenvalue weighted by atomic mass is 10.2. The van der Waals surface area contributed by atoms with Crippen LogP contribution < -0.4 is 20.5 Å². The highest BCUT2D eigenvalue weighted by Crippen LogP contribution is 2.38. The van der Waals surface area contributed by atoms with Gasteiger partial charge in [0.05, 0.1) is 17.0 Å². The third-order valence-corrected chi connectivity index (χ3v) is 5.13. The topological polar surface area (TPSA) is 90.7 Å². The fourth-order valence-electron chi connectivity index (χ4n) is 2.28. The molecule has 1 aliphatic rings. The zero-order chi connectivity index (χ0) is 17.8. The number of amides is 2. The fourth-order valence-corrected chi connectivity index (χ4v) is 3.49. The van der Waals surface area contributed by atoms with E-state index in [0.29, 0.717) is 45.3 Å². The van der Waals surface area contributed by atoms with Crippen LogP contribution in [0.3, 0.4) is 0 Å². The van der Waals surface area contributed by atoms with Crippen LogP contribution in [0.4, 0.5) is 5.69 Å². The van der Waals surface area contributed by atoms with Gasteiger partial charge in [0.2, 0.25) is 5.91 Å². The first-order chi connectivity index (χ1) is 12.0. The lowest BCUT2D eigenvalue weighted by Crippen LogP contribution is -2.17. The van der Waals surface area contributed by atoms with Crippen molar-refractivity contribution in [3.8, 4) is 11.5 Å². The molecule has 1 aliphatic heterocycles. The second-order valence-corrected chi connectivity index (χ2v) is 7.05. The van der Waals surface area contributed by atoms with Gasteiger partial charge in [0.15, 0.2) is 11.5 Å². The number of nitrogens with one attached hydrogen (secondary N) is 1. The molecule has 3 N–H and O–H groups in total. The van der Waals surface area contributed by atoms with Crippen LogP contribution in [0.1, 0.15) is 10.4 Å². The Balaban J connectivity index is 1.82. The number of thioether (sulfide) groups is 1. The van der Waals surface area contributed by atoms with Crippen molar-refractivity contribution in [1.29, 1.82) is 0 Å². The maximum Gasteiger partial charge on any atom is 0.256 e. The molecule has 2 amide bonds. The molecule has 0 saturated heterocycles. The quantitative estimate of drug-likeness (QED) is 0.722. The maximum absolute atomic E-state index is 12.7. The highest BCUT2D eigenvalue weighted by Gasteiger charge is 2.18. The molecule has 2 aromatic carbocycles. The number of carbonyl (C=O) groups excluding carboxylic acids is 2. The van der Waals surface area contributed by atoms with E-state index in [1.807, 2.05) is 0 Å². The molecule has 3 rings (SSSR count). The van der Waals surface area contributed by atoms with Crippen molar-refractivity contribution < 1.29 is 19.1 Å². The minimum absolute atomic E-state index is 0.109. The van der Waals surface area contributed by atoms with Gasteiger partial charge in [-0.05, 0) is 28.1 Å². The van der Waals surface area contributed by atoms with Gasteiger partial charge in [-0.1, -0.05) is 12.1 Å². The number of halogens is 1. The number of primary amides is 1. The first-order valence-corrected chi connectivity index (χ1v) is 9.23. The monoisotopic (exact) mass is 422 g/mol. The van der Waals surface area contributed by atoms with E-state index in [0.717, 1.165) is 0 Å². The average Bonchev–Trinajstić information content (AvgIpc) is 2.60. The molecule has 0 aromatic heterocycles. The second-order valence-electron chi connectivity index (χ2n) is 5.18. The number of ether oxygens (including phenoxy) is 2. The number of nitrogens with two attached hydrogens (primary N) is 1. The van der Waals surface area contributed by atoms with Gasteiger partial charge >= 0.3 is 0 Å². The molecule has 0 aliphatic carbocycles. The molecular formula is C17H15BrN2O4S. The van der Waals surface area contributed by atoms with E-state index in [9.17, 15) is 9.59 Å². The van der Waals surface area contributed by atoms with Gasteiger partial charge in [-0.15, -0.1) is 11.8 Å². The molecule has 25 heavy (non-hydrogen) atoms. The van der Waals surface area contributed by atoms with Crippen molar-refractivity contribution >= 4 is 45.2 Å². The first-order valence-electron chi connectivity index (χ1n) is 7.45. The third-order valence-electron chi connectivity index (χ3n) is 3.38. The molecule has 8 heteroatoms. The normalized spacial score (nSPS) is 12.5. The minimum Gasteiger partial charge on any atom is -0.486 e. The number of benzene rings is 2. The van der Waals surface area contributed by atoms with Crippen LogP contribution in [0.25, 0.3) is 0 Å². The summed E-state index contributed by atoms with van der Waals surface area (Å²) in [6.07, 6.45) is 0. The first kappa shape index (κ1) is 17.6. The summed E-state index contributed by atoms with van der Waals surface area (Å²) in [5, 5.41) is 2.85. The average molecular weight is 423 g/mol. The highest BCUT2D eigenvalue weighted by atomic mass is 79.9. The van der Waals surface area contributed by atoms with Crippen molar-refractivity contribution in [2.24, 2.45) is 5.73 Å². The molecule has 0 fully saturated rings. The van der Waals surface area contributed by atoms with Crippen molar-refractivity contribution in [3.05, 3.63) is 46.4 Å². The highest BCUT2D eigenvalue weighted by molar-refractivity contribution is 9.10. The number of fused-ring (bicyclic) bond motifs is 1. The van der Waals surface area contributed by atoms with Crippen LogP contribution in [0.15, 0.2) is 45.8 Å². The fraction of sp³-hybridized carbons (Fsp3) is 0.176. The molecule has 0 bridgehead atoms. The second kappa shape index (κ2) is 7.79. The smallest absolute Gasteiger partial charge is 0.256 e. The van der Waals surface area contributed by atoms with E-state index >= 15 is 0 Å². The standard InChI is InChI=1S/C17H15BrN2O4S/c18-11-7-13-14(24-6-5-23-13)8-12(11)20-17(22)10-3-1-2-4-15(10)25-9-16(19)21/h1-4,7-8H,5-6,9H2,(H2,19,21)(H,20,22). The maximum atomic E-state index is 12.7. The van der Waals surface area contributed by atoms with E-state index in [4.69, 9.17) is 15.2 Å². The summed E-state index contributed by atoms with van der Waals surface area (Å²) in [5.74, 6) is 0.604. The Morgan fingerprint density at radius 3 is 2.56 bits per heavy atom.